The Kier molecular flexibility index (Phi) is 7.09. The average molecular weight is 485 g/mol. The first-order valence-electron chi connectivity index (χ1n) is 9.71. The van der Waals surface area contributed by atoms with Crippen LogP contribution in [-0.4, -0.2) is 37.9 Å². The first-order valence-corrected chi connectivity index (χ1v) is 11.5. The Morgan fingerprint density at radius 1 is 1.06 bits per heavy atom. The van der Waals surface area contributed by atoms with E-state index in [2.05, 4.69) is 15.2 Å². The minimum atomic E-state index is -0.0336. The Morgan fingerprint density at radius 2 is 1.91 bits per heavy atom. The van der Waals surface area contributed by atoms with Crippen LogP contribution in [0.2, 0.25) is 10.0 Å². The number of carbonyl (C=O) groups excluding carboxylic acids is 1. The number of rotatable bonds is 8. The molecule has 0 spiro atoms. The smallest absolute Gasteiger partial charge is 0.196 e. The minimum absolute atomic E-state index is 0.0336. The molecular weight excluding hydrogens is 467 g/mol. The minimum Gasteiger partial charge on any atom is -0.492 e. The number of benzene rings is 2. The summed E-state index contributed by atoms with van der Waals surface area (Å²) in [6.07, 6.45) is 3.43. The van der Waals surface area contributed by atoms with Gasteiger partial charge >= 0.3 is 0 Å². The van der Waals surface area contributed by atoms with Gasteiger partial charge in [-0.15, -0.1) is 10.2 Å². The molecule has 0 aliphatic heterocycles. The van der Waals surface area contributed by atoms with Crippen LogP contribution < -0.4 is 4.74 Å². The molecule has 0 saturated heterocycles. The van der Waals surface area contributed by atoms with Crippen molar-refractivity contribution in [3.05, 3.63) is 82.6 Å². The molecule has 2 aromatic heterocycles. The number of ketones is 1. The summed E-state index contributed by atoms with van der Waals surface area (Å²) in [4.78, 5) is 16.0. The van der Waals surface area contributed by atoms with Crippen molar-refractivity contribution >= 4 is 40.7 Å². The van der Waals surface area contributed by atoms with Crippen molar-refractivity contribution in [3.8, 4) is 22.8 Å². The fraction of sp³-hybridized carbons (Fsp3) is 0.130. The van der Waals surface area contributed by atoms with Crippen LogP contribution in [0.3, 0.4) is 0 Å². The number of para-hydroxylation sites is 1. The standard InChI is InChI=1S/C23H18Cl2N4O2S/c1-15(30)18-6-2-3-7-21(18)31-11-12-32-23-28-27-22(16-5-4-10-26-14-16)29(23)17-8-9-19(24)20(25)13-17/h2-10,13-14H,11-12H2,1H3. The molecule has 0 saturated carbocycles. The monoisotopic (exact) mass is 484 g/mol. The van der Waals surface area contributed by atoms with Crippen LogP contribution in [0.25, 0.3) is 17.1 Å². The zero-order valence-corrected chi connectivity index (χ0v) is 19.4. The van der Waals surface area contributed by atoms with Crippen molar-refractivity contribution in [1.29, 1.82) is 0 Å². The maximum absolute atomic E-state index is 11.8. The summed E-state index contributed by atoms with van der Waals surface area (Å²) in [5.41, 5.74) is 2.17. The normalized spacial score (nSPS) is 10.8. The van der Waals surface area contributed by atoms with E-state index in [-0.39, 0.29) is 5.78 Å². The number of ether oxygens (including phenoxy) is 1. The molecule has 0 radical (unpaired) electrons. The lowest BCUT2D eigenvalue weighted by Crippen LogP contribution is -2.06. The third kappa shape index (κ3) is 4.96. The highest BCUT2D eigenvalue weighted by molar-refractivity contribution is 7.99. The topological polar surface area (TPSA) is 69.9 Å². The molecule has 0 atom stereocenters. The average Bonchev–Trinajstić information content (AvgIpc) is 3.23. The molecule has 2 heterocycles. The molecule has 0 aliphatic carbocycles. The molecule has 0 N–H and O–H groups in total. The molecule has 0 aliphatic rings. The molecule has 0 amide bonds. The molecule has 32 heavy (non-hydrogen) atoms. The van der Waals surface area contributed by atoms with Crippen molar-refractivity contribution in [3.63, 3.8) is 0 Å². The highest BCUT2D eigenvalue weighted by Crippen LogP contribution is 2.31. The van der Waals surface area contributed by atoms with E-state index < -0.39 is 0 Å². The zero-order valence-electron chi connectivity index (χ0n) is 17.0. The molecule has 0 bridgehead atoms. The van der Waals surface area contributed by atoms with Crippen LogP contribution in [0.4, 0.5) is 0 Å². The van der Waals surface area contributed by atoms with E-state index in [4.69, 9.17) is 27.9 Å². The van der Waals surface area contributed by atoms with Crippen LogP contribution in [-0.2, 0) is 0 Å². The van der Waals surface area contributed by atoms with Crippen molar-refractivity contribution in [2.75, 3.05) is 12.4 Å². The molecular formula is C23H18Cl2N4O2S. The van der Waals surface area contributed by atoms with Crippen LogP contribution >= 0.6 is 35.0 Å². The number of thioether (sulfide) groups is 1. The van der Waals surface area contributed by atoms with Gasteiger partial charge in [0.25, 0.3) is 0 Å². The Labute approximate surface area is 199 Å². The number of halogens is 2. The van der Waals surface area contributed by atoms with Gasteiger partial charge in [0.2, 0.25) is 0 Å². The van der Waals surface area contributed by atoms with Crippen LogP contribution in [0.1, 0.15) is 17.3 Å². The van der Waals surface area contributed by atoms with Crippen molar-refractivity contribution in [2.45, 2.75) is 12.1 Å². The number of carbonyl (C=O) groups is 1. The number of aromatic nitrogens is 4. The molecule has 9 heteroatoms. The van der Waals surface area contributed by atoms with Crippen molar-refractivity contribution in [2.24, 2.45) is 0 Å². The second kappa shape index (κ2) is 10.2. The summed E-state index contributed by atoms with van der Waals surface area (Å²) in [7, 11) is 0. The highest BCUT2D eigenvalue weighted by atomic mass is 35.5. The largest absolute Gasteiger partial charge is 0.492 e. The second-order valence-electron chi connectivity index (χ2n) is 6.73. The van der Waals surface area contributed by atoms with Gasteiger partial charge in [-0.1, -0.05) is 47.1 Å². The van der Waals surface area contributed by atoms with Gasteiger partial charge in [0, 0.05) is 23.7 Å². The van der Waals surface area contributed by atoms with Crippen LogP contribution in [0, 0.1) is 0 Å². The van der Waals surface area contributed by atoms with Gasteiger partial charge in [-0.3, -0.25) is 14.3 Å². The van der Waals surface area contributed by atoms with E-state index in [1.807, 2.05) is 34.9 Å². The fourth-order valence-corrected chi connectivity index (χ4v) is 4.13. The third-order valence-electron chi connectivity index (χ3n) is 4.55. The first kappa shape index (κ1) is 22.3. The maximum atomic E-state index is 11.8. The maximum Gasteiger partial charge on any atom is 0.196 e. The lowest BCUT2D eigenvalue weighted by atomic mass is 10.1. The molecule has 6 nitrogen and oxygen atoms in total. The first-order chi connectivity index (χ1) is 15.5. The summed E-state index contributed by atoms with van der Waals surface area (Å²) in [5, 5.41) is 10.3. The number of nitrogens with zero attached hydrogens (tertiary/aromatic N) is 4. The lowest BCUT2D eigenvalue weighted by Gasteiger charge is -2.12. The van der Waals surface area contributed by atoms with Gasteiger partial charge in [0.1, 0.15) is 5.75 Å². The predicted octanol–water partition coefficient (Wildman–Crippen LogP) is 6.01. The predicted molar refractivity (Wildman–Crippen MR) is 127 cm³/mol. The Hall–Kier alpha value is -2.87. The highest BCUT2D eigenvalue weighted by Gasteiger charge is 2.17. The van der Waals surface area contributed by atoms with Crippen molar-refractivity contribution < 1.29 is 9.53 Å². The molecule has 0 fully saturated rings. The van der Waals surface area contributed by atoms with Crippen LogP contribution in [0.15, 0.2) is 72.1 Å². The number of hydrogen-bond acceptors (Lipinski definition) is 6. The quantitative estimate of drug-likeness (QED) is 0.173. The number of Topliss-reactive ketones (excluding diaryl/α,β-unsaturated/α-hetero) is 1. The van der Waals surface area contributed by atoms with Gasteiger partial charge in [0.15, 0.2) is 16.8 Å². The fourth-order valence-electron chi connectivity index (χ4n) is 3.07. The van der Waals surface area contributed by atoms with E-state index in [1.165, 1.54) is 18.7 Å². The number of pyridine rings is 1. The third-order valence-corrected chi connectivity index (χ3v) is 6.19. The van der Waals surface area contributed by atoms with E-state index in [1.54, 1.807) is 36.7 Å². The Balaban J connectivity index is 1.57. The van der Waals surface area contributed by atoms with Crippen molar-refractivity contribution in [1.82, 2.24) is 19.7 Å². The van der Waals surface area contributed by atoms with E-state index in [0.29, 0.717) is 44.7 Å². The molecule has 162 valence electrons. The zero-order chi connectivity index (χ0) is 22.5. The summed E-state index contributed by atoms with van der Waals surface area (Å²) >= 11 is 13.9. The molecule has 4 rings (SSSR count). The molecule has 4 aromatic rings. The molecule has 0 unspecified atom stereocenters. The summed E-state index contributed by atoms with van der Waals surface area (Å²) in [6, 6.07) is 16.3. The SMILES string of the molecule is CC(=O)c1ccccc1OCCSc1nnc(-c2cccnc2)n1-c1ccc(Cl)c(Cl)c1. The van der Waals surface area contributed by atoms with Gasteiger partial charge in [-0.2, -0.15) is 0 Å². The summed E-state index contributed by atoms with van der Waals surface area (Å²) in [5.74, 6) is 1.77. The van der Waals surface area contributed by atoms with E-state index in [9.17, 15) is 4.79 Å². The number of hydrogen-bond donors (Lipinski definition) is 0. The van der Waals surface area contributed by atoms with Gasteiger partial charge < -0.3 is 4.74 Å². The van der Waals surface area contributed by atoms with E-state index in [0.717, 1.165) is 11.3 Å². The molecule has 2 aromatic carbocycles. The van der Waals surface area contributed by atoms with E-state index >= 15 is 0 Å². The summed E-state index contributed by atoms with van der Waals surface area (Å²) in [6.45, 7) is 1.92. The van der Waals surface area contributed by atoms with Gasteiger partial charge in [0.05, 0.1) is 27.9 Å². The Morgan fingerprint density at radius 3 is 2.66 bits per heavy atom. The van der Waals surface area contributed by atoms with Gasteiger partial charge in [-0.05, 0) is 49.4 Å². The Bertz CT molecular complexity index is 1250. The second-order valence-corrected chi connectivity index (χ2v) is 8.61. The van der Waals surface area contributed by atoms with Gasteiger partial charge in [-0.25, -0.2) is 0 Å². The lowest BCUT2D eigenvalue weighted by molar-refractivity contribution is 0.101. The van der Waals surface area contributed by atoms with Crippen LogP contribution in [0.5, 0.6) is 5.75 Å². The summed E-state index contributed by atoms with van der Waals surface area (Å²) < 4.78 is 7.75.